The SMILES string of the molecule is Cc1ncccc1C(=O)N1CCCN(CCN)CC1. The summed E-state index contributed by atoms with van der Waals surface area (Å²) in [6, 6.07) is 3.67. The first-order valence-electron chi connectivity index (χ1n) is 6.85. The number of hydrogen-bond donors (Lipinski definition) is 1. The van der Waals surface area contributed by atoms with E-state index in [1.54, 1.807) is 6.20 Å². The van der Waals surface area contributed by atoms with Crippen LogP contribution in [0.4, 0.5) is 0 Å². The maximum Gasteiger partial charge on any atom is 0.255 e. The standard InChI is InChI=1S/C14H22N4O/c1-12-13(4-2-6-16-12)14(19)18-8-3-7-17(9-5-15)10-11-18/h2,4,6H,3,5,7-11,15H2,1H3. The van der Waals surface area contributed by atoms with Gasteiger partial charge in [0, 0.05) is 44.6 Å². The second kappa shape index (κ2) is 6.63. The van der Waals surface area contributed by atoms with Crippen LogP contribution < -0.4 is 5.73 Å². The summed E-state index contributed by atoms with van der Waals surface area (Å²) in [5.41, 5.74) is 7.10. The zero-order valence-corrected chi connectivity index (χ0v) is 11.5. The Morgan fingerprint density at radius 3 is 2.95 bits per heavy atom. The van der Waals surface area contributed by atoms with Gasteiger partial charge in [-0.15, -0.1) is 0 Å². The van der Waals surface area contributed by atoms with Gasteiger partial charge in [-0.1, -0.05) is 0 Å². The number of nitrogens with two attached hydrogens (primary N) is 1. The summed E-state index contributed by atoms with van der Waals surface area (Å²) in [6.45, 7) is 6.98. The molecule has 1 fully saturated rings. The summed E-state index contributed by atoms with van der Waals surface area (Å²) >= 11 is 0. The Hall–Kier alpha value is -1.46. The summed E-state index contributed by atoms with van der Waals surface area (Å²) in [6.07, 6.45) is 2.72. The van der Waals surface area contributed by atoms with Crippen LogP contribution in [0.5, 0.6) is 0 Å². The first-order chi connectivity index (χ1) is 9.22. The van der Waals surface area contributed by atoms with E-state index < -0.39 is 0 Å². The van der Waals surface area contributed by atoms with Crippen molar-refractivity contribution in [3.63, 3.8) is 0 Å². The molecule has 0 aromatic carbocycles. The molecule has 0 saturated carbocycles. The maximum atomic E-state index is 12.5. The average Bonchev–Trinajstić information content (AvgIpc) is 2.65. The molecule has 1 aliphatic rings. The van der Waals surface area contributed by atoms with Crippen molar-refractivity contribution in [2.45, 2.75) is 13.3 Å². The molecule has 1 aliphatic heterocycles. The molecule has 1 saturated heterocycles. The van der Waals surface area contributed by atoms with Crippen molar-refractivity contribution in [1.82, 2.24) is 14.8 Å². The van der Waals surface area contributed by atoms with Crippen LogP contribution in [-0.2, 0) is 0 Å². The van der Waals surface area contributed by atoms with Gasteiger partial charge in [0.2, 0.25) is 0 Å². The minimum Gasteiger partial charge on any atom is -0.337 e. The van der Waals surface area contributed by atoms with Crippen LogP contribution in [0.25, 0.3) is 0 Å². The Labute approximate surface area is 114 Å². The van der Waals surface area contributed by atoms with E-state index in [1.807, 2.05) is 24.0 Å². The van der Waals surface area contributed by atoms with Gasteiger partial charge in [0.25, 0.3) is 5.91 Å². The van der Waals surface area contributed by atoms with Crippen LogP contribution in [0, 0.1) is 6.92 Å². The molecular formula is C14H22N4O. The molecule has 1 aromatic heterocycles. The van der Waals surface area contributed by atoms with Crippen molar-refractivity contribution in [2.75, 3.05) is 39.3 Å². The number of carbonyl (C=O) groups is 1. The fraction of sp³-hybridized carbons (Fsp3) is 0.571. The van der Waals surface area contributed by atoms with Gasteiger partial charge in [0.1, 0.15) is 0 Å². The number of pyridine rings is 1. The van der Waals surface area contributed by atoms with E-state index in [0.29, 0.717) is 6.54 Å². The zero-order valence-electron chi connectivity index (χ0n) is 11.5. The summed E-state index contributed by atoms with van der Waals surface area (Å²) in [7, 11) is 0. The lowest BCUT2D eigenvalue weighted by Gasteiger charge is -2.22. The predicted molar refractivity (Wildman–Crippen MR) is 75.0 cm³/mol. The Bertz CT molecular complexity index is 435. The molecule has 0 unspecified atom stereocenters. The lowest BCUT2D eigenvalue weighted by molar-refractivity contribution is 0.0760. The van der Waals surface area contributed by atoms with Crippen LogP contribution in [0.2, 0.25) is 0 Å². The van der Waals surface area contributed by atoms with Gasteiger partial charge in [-0.3, -0.25) is 9.78 Å². The second-order valence-electron chi connectivity index (χ2n) is 4.91. The van der Waals surface area contributed by atoms with Crippen LogP contribution in [0.3, 0.4) is 0 Å². The molecular weight excluding hydrogens is 240 g/mol. The molecule has 1 aromatic rings. The fourth-order valence-corrected chi connectivity index (χ4v) is 2.46. The van der Waals surface area contributed by atoms with Crippen LogP contribution in [0.1, 0.15) is 22.5 Å². The Balaban J connectivity index is 2.02. The third-order valence-corrected chi connectivity index (χ3v) is 3.56. The quantitative estimate of drug-likeness (QED) is 0.861. The number of carbonyl (C=O) groups excluding carboxylic acids is 1. The summed E-state index contributed by atoms with van der Waals surface area (Å²) < 4.78 is 0. The highest BCUT2D eigenvalue weighted by atomic mass is 16.2. The monoisotopic (exact) mass is 262 g/mol. The molecule has 0 atom stereocenters. The van der Waals surface area contributed by atoms with E-state index in [2.05, 4.69) is 9.88 Å². The zero-order chi connectivity index (χ0) is 13.7. The summed E-state index contributed by atoms with van der Waals surface area (Å²) in [5.74, 6) is 0.0974. The first kappa shape index (κ1) is 14.0. The van der Waals surface area contributed by atoms with Crippen molar-refractivity contribution < 1.29 is 4.79 Å². The highest BCUT2D eigenvalue weighted by Crippen LogP contribution is 2.11. The van der Waals surface area contributed by atoms with Gasteiger partial charge in [-0.25, -0.2) is 0 Å². The highest BCUT2D eigenvalue weighted by Gasteiger charge is 2.21. The van der Waals surface area contributed by atoms with Crippen LogP contribution >= 0.6 is 0 Å². The number of rotatable bonds is 3. The molecule has 2 N–H and O–H groups in total. The van der Waals surface area contributed by atoms with Crippen molar-refractivity contribution in [3.8, 4) is 0 Å². The normalized spacial score (nSPS) is 17.3. The third-order valence-electron chi connectivity index (χ3n) is 3.56. The molecule has 0 spiro atoms. The first-order valence-corrected chi connectivity index (χ1v) is 6.85. The Morgan fingerprint density at radius 2 is 2.21 bits per heavy atom. The number of hydrogen-bond acceptors (Lipinski definition) is 4. The minimum absolute atomic E-state index is 0.0974. The Morgan fingerprint density at radius 1 is 1.37 bits per heavy atom. The molecule has 2 rings (SSSR count). The molecule has 2 heterocycles. The highest BCUT2D eigenvalue weighted by molar-refractivity contribution is 5.95. The summed E-state index contributed by atoms with van der Waals surface area (Å²) in [5, 5.41) is 0. The number of amides is 1. The predicted octanol–water partition coefficient (Wildman–Crippen LogP) is 0.497. The van der Waals surface area contributed by atoms with Crippen LogP contribution in [0.15, 0.2) is 18.3 Å². The molecule has 0 radical (unpaired) electrons. The number of aryl methyl sites for hydroxylation is 1. The van der Waals surface area contributed by atoms with Gasteiger partial charge in [-0.2, -0.15) is 0 Å². The van der Waals surface area contributed by atoms with Crippen molar-refractivity contribution in [3.05, 3.63) is 29.6 Å². The van der Waals surface area contributed by atoms with Crippen molar-refractivity contribution in [1.29, 1.82) is 0 Å². The largest absolute Gasteiger partial charge is 0.337 e. The van der Waals surface area contributed by atoms with E-state index in [9.17, 15) is 4.79 Å². The molecule has 5 heteroatoms. The maximum absolute atomic E-state index is 12.5. The minimum atomic E-state index is 0.0974. The number of aromatic nitrogens is 1. The van der Waals surface area contributed by atoms with E-state index in [1.165, 1.54) is 0 Å². The lowest BCUT2D eigenvalue weighted by Crippen LogP contribution is -2.36. The van der Waals surface area contributed by atoms with Crippen molar-refractivity contribution in [2.24, 2.45) is 5.73 Å². The topological polar surface area (TPSA) is 62.5 Å². The molecule has 19 heavy (non-hydrogen) atoms. The van der Waals surface area contributed by atoms with E-state index in [4.69, 9.17) is 5.73 Å². The second-order valence-corrected chi connectivity index (χ2v) is 4.91. The van der Waals surface area contributed by atoms with Gasteiger partial charge in [0.15, 0.2) is 0 Å². The van der Waals surface area contributed by atoms with E-state index >= 15 is 0 Å². The summed E-state index contributed by atoms with van der Waals surface area (Å²) in [4.78, 5) is 20.9. The Kier molecular flexibility index (Phi) is 4.87. The lowest BCUT2D eigenvalue weighted by atomic mass is 10.2. The van der Waals surface area contributed by atoms with Gasteiger partial charge in [0.05, 0.1) is 5.56 Å². The molecule has 5 nitrogen and oxygen atoms in total. The van der Waals surface area contributed by atoms with Gasteiger partial charge < -0.3 is 15.5 Å². The molecule has 104 valence electrons. The van der Waals surface area contributed by atoms with E-state index in [0.717, 1.165) is 50.4 Å². The van der Waals surface area contributed by atoms with E-state index in [-0.39, 0.29) is 5.91 Å². The molecule has 0 bridgehead atoms. The molecule has 1 amide bonds. The number of nitrogens with zero attached hydrogens (tertiary/aromatic N) is 3. The molecule has 0 aliphatic carbocycles. The van der Waals surface area contributed by atoms with Crippen LogP contribution in [-0.4, -0.2) is 60.0 Å². The fourth-order valence-electron chi connectivity index (χ4n) is 2.46. The van der Waals surface area contributed by atoms with Gasteiger partial charge >= 0.3 is 0 Å². The smallest absolute Gasteiger partial charge is 0.255 e. The average molecular weight is 262 g/mol. The van der Waals surface area contributed by atoms with Crippen molar-refractivity contribution >= 4 is 5.91 Å². The third kappa shape index (κ3) is 3.52. The van der Waals surface area contributed by atoms with Gasteiger partial charge in [-0.05, 0) is 32.0 Å².